The minimum absolute atomic E-state index is 0. The number of allylic oxidation sites excluding steroid dienone is 2. The number of hydrogen-bond acceptors (Lipinski definition) is 7. The molecule has 23 rings (SSSR count). The van der Waals surface area contributed by atoms with Gasteiger partial charge in [-0.3, -0.25) is 24.7 Å². The minimum atomic E-state index is -0.125. The zero-order valence-electron chi connectivity index (χ0n) is 75.0. The fourth-order valence-corrected chi connectivity index (χ4v) is 18.2. The normalized spacial score (nSPS) is 11.2. The number of pyridine rings is 5. The maximum absolute atomic E-state index is 10.0. The van der Waals surface area contributed by atoms with Gasteiger partial charge < -0.3 is 27.7 Å². The van der Waals surface area contributed by atoms with E-state index in [2.05, 4.69) is 334 Å². The van der Waals surface area contributed by atoms with Crippen molar-refractivity contribution in [3.8, 4) is 56.2 Å². The third-order valence-electron chi connectivity index (χ3n) is 23.5. The number of rotatable bonds is 7. The molecule has 665 valence electrons. The van der Waals surface area contributed by atoms with Crippen LogP contribution in [-0.2, 0) is 112 Å². The quantitative estimate of drug-likeness (QED) is 0.0730. The molecule has 11 nitrogen and oxygen atoms in total. The van der Waals surface area contributed by atoms with Gasteiger partial charge in [-0.15, -0.1) is 155 Å². The summed E-state index contributed by atoms with van der Waals surface area (Å²) < 4.78 is 9.14. The van der Waals surface area contributed by atoms with E-state index in [1.54, 1.807) is 0 Å². The Hall–Kier alpha value is -12.2. The van der Waals surface area contributed by atoms with Crippen LogP contribution in [0.5, 0.6) is 0 Å². The molecule has 5 radical (unpaired) electrons. The zero-order chi connectivity index (χ0) is 87.7. The number of aryl methyl sites for hydroxylation is 7. The Labute approximate surface area is 837 Å². The smallest absolute Gasteiger partial charge is 0.155 e. The molecule has 0 saturated heterocycles. The van der Waals surface area contributed by atoms with Crippen molar-refractivity contribution in [1.29, 1.82) is 0 Å². The van der Waals surface area contributed by atoms with E-state index < -0.39 is 0 Å². The van der Waals surface area contributed by atoms with Crippen LogP contribution in [0, 0.1) is 84.2 Å². The summed E-state index contributed by atoms with van der Waals surface area (Å²) in [6, 6.07) is 122. The molecule has 0 saturated carbocycles. The maximum atomic E-state index is 10.0. The van der Waals surface area contributed by atoms with Gasteiger partial charge >= 0.3 is 0 Å². The van der Waals surface area contributed by atoms with Crippen molar-refractivity contribution < 1.29 is 110 Å². The summed E-state index contributed by atoms with van der Waals surface area (Å²) in [5, 5.41) is 22.5. The molecule has 0 fully saturated rings. The Kier molecular flexibility index (Phi) is 31.1. The van der Waals surface area contributed by atoms with Crippen molar-refractivity contribution in [2.24, 2.45) is 5.41 Å². The van der Waals surface area contributed by atoms with Crippen molar-refractivity contribution in [2.45, 2.75) is 89.5 Å². The number of carbonyl (C=O) groups is 1. The molecule has 132 heavy (non-hydrogen) atoms. The first kappa shape index (κ1) is 97.3. The van der Waals surface area contributed by atoms with Gasteiger partial charge in [0, 0.05) is 170 Å². The average molecular weight is 2610 g/mol. The number of aliphatic hydroxyl groups excluding tert-OH is 1. The van der Waals surface area contributed by atoms with E-state index in [0.717, 1.165) is 95.5 Å². The van der Waals surface area contributed by atoms with Gasteiger partial charge in [0.25, 0.3) is 0 Å². The fraction of sp³-hybridized carbons (Fsp3) is 0.121. The predicted molar refractivity (Wildman–Crippen MR) is 527 cm³/mol. The summed E-state index contributed by atoms with van der Waals surface area (Å²) in [6.45, 7) is 24.9. The van der Waals surface area contributed by atoms with Crippen molar-refractivity contribution in [2.75, 3.05) is 0 Å². The third kappa shape index (κ3) is 19.4. The molecule has 9 heterocycles. The second kappa shape index (κ2) is 42.1. The molecule has 0 spiro atoms. The molecule has 0 atom stereocenters. The Bertz CT molecular complexity index is 8090. The first-order valence-electron chi connectivity index (χ1n) is 43.0. The van der Waals surface area contributed by atoms with Crippen molar-refractivity contribution in [1.82, 2.24) is 42.5 Å². The number of imidazole rings is 4. The van der Waals surface area contributed by atoms with Gasteiger partial charge in [-0.1, -0.05) is 212 Å². The Morgan fingerprint density at radius 3 is 1.18 bits per heavy atom. The van der Waals surface area contributed by atoms with Crippen LogP contribution in [0.1, 0.15) is 79.1 Å². The number of fused-ring (bicyclic) bond motifs is 26. The molecular weight excluding hydrogens is 2510 g/mol. The van der Waals surface area contributed by atoms with E-state index in [0.29, 0.717) is 0 Å². The van der Waals surface area contributed by atoms with E-state index >= 15 is 0 Å². The Morgan fingerprint density at radius 2 is 0.742 bits per heavy atom. The fourth-order valence-electron chi connectivity index (χ4n) is 18.2. The molecule has 14 aromatic carbocycles. The van der Waals surface area contributed by atoms with Gasteiger partial charge in [0.2, 0.25) is 0 Å². The van der Waals surface area contributed by atoms with Crippen molar-refractivity contribution in [3.05, 3.63) is 415 Å². The Balaban J connectivity index is 0.000000137. The van der Waals surface area contributed by atoms with Crippen molar-refractivity contribution in [3.63, 3.8) is 0 Å². The van der Waals surface area contributed by atoms with Crippen LogP contribution in [0.2, 0.25) is 0 Å². The van der Waals surface area contributed by atoms with E-state index in [1.165, 1.54) is 152 Å². The summed E-state index contributed by atoms with van der Waals surface area (Å²) in [7, 11) is 0. The first-order valence-corrected chi connectivity index (χ1v) is 43.0. The molecule has 0 unspecified atom stereocenters. The molecule has 0 aliphatic heterocycles. The number of hydrogen-bond donors (Lipinski definition) is 1. The van der Waals surface area contributed by atoms with E-state index in [-0.39, 0.29) is 117 Å². The largest absolute Gasteiger partial charge is 0.512 e. The van der Waals surface area contributed by atoms with Crippen LogP contribution in [0.15, 0.2) is 340 Å². The molecule has 0 bridgehead atoms. The summed E-state index contributed by atoms with van der Waals surface area (Å²) in [5.41, 5.74) is 32.8. The molecule has 23 aromatic rings. The van der Waals surface area contributed by atoms with E-state index in [9.17, 15) is 4.79 Å². The second-order valence-electron chi connectivity index (χ2n) is 33.9. The van der Waals surface area contributed by atoms with Gasteiger partial charge in [-0.05, 0) is 194 Å². The van der Waals surface area contributed by atoms with Gasteiger partial charge in [-0.25, -0.2) is 0 Å². The zero-order valence-corrected chi connectivity index (χ0v) is 87.0. The molecule has 9 aromatic heterocycles. The van der Waals surface area contributed by atoms with E-state index in [4.69, 9.17) is 25.0 Å². The van der Waals surface area contributed by atoms with Gasteiger partial charge in [0.15, 0.2) is 5.78 Å². The number of aliphatic hydroxyl groups is 1. The number of carbonyl (C=O) groups excluding carboxylic acids is 1. The maximum Gasteiger partial charge on any atom is 0.155 e. The van der Waals surface area contributed by atoms with Crippen LogP contribution in [0.3, 0.4) is 0 Å². The number of nitrogens with zero attached hydrogens (tertiary/aromatic N) is 9. The van der Waals surface area contributed by atoms with Gasteiger partial charge in [0.05, 0.1) is 56.5 Å². The first-order chi connectivity index (χ1) is 61.7. The number of para-hydroxylation sites is 4. The average Bonchev–Trinajstić information content (AvgIpc) is 1.57. The molecule has 0 aliphatic rings. The second-order valence-corrected chi connectivity index (χ2v) is 33.9. The summed E-state index contributed by atoms with van der Waals surface area (Å²) in [4.78, 5) is 33.8. The minimum Gasteiger partial charge on any atom is -0.512 e. The summed E-state index contributed by atoms with van der Waals surface area (Å²) in [5.74, 6) is -0.0625. The topological polar surface area (TPSA) is 119 Å². The van der Waals surface area contributed by atoms with Gasteiger partial charge in [-0.2, -0.15) is 0 Å². The Morgan fingerprint density at radius 1 is 0.356 bits per heavy atom. The van der Waals surface area contributed by atoms with Crippen LogP contribution in [-0.4, -0.2) is 53.4 Å². The van der Waals surface area contributed by atoms with Crippen molar-refractivity contribution >= 4 is 126 Å². The van der Waals surface area contributed by atoms with Crippen LogP contribution in [0.25, 0.3) is 176 Å². The van der Waals surface area contributed by atoms with Gasteiger partial charge in [0.1, 0.15) is 0 Å². The summed E-state index contributed by atoms with van der Waals surface area (Å²) in [6.07, 6.45) is 10.1. The summed E-state index contributed by atoms with van der Waals surface area (Å²) >= 11 is 0. The number of aromatic nitrogens is 9. The number of benzene rings is 14. The van der Waals surface area contributed by atoms with Crippen LogP contribution in [0.4, 0.5) is 0 Å². The molecule has 16 heteroatoms. The molecule has 0 aliphatic carbocycles. The monoisotopic (exact) mass is 2610 g/mol. The third-order valence-corrected chi connectivity index (χ3v) is 23.5. The van der Waals surface area contributed by atoms with Crippen LogP contribution >= 0.6 is 0 Å². The predicted octanol–water partition coefficient (Wildman–Crippen LogP) is 28.9. The van der Waals surface area contributed by atoms with E-state index in [1.807, 2.05) is 116 Å². The standard InChI is InChI=1S/C28H27N2.C24H19N2.C23H17N2.C19H11N2.C17H12N.C5H8O2.5Ir/c1-18-9-8-10-19(2)26(18)25-17-29-27-22-12-7-6-11-21(22)23-15-20(16-28(3,4)5)13-14-24(23)30(25)27;1-15-11-12-21-20(13-15)18-9-4-5-10-19(18)24-25-14-22(26(21)24)23-16(2)7-6-8-17(23)3;1-15-8-7-9-16(2)22(15)21-14-24-23-19-12-4-3-10-17(19)18-11-5-6-13-20(18)25(21)23;1-2-9-15-13(7-1)14-8-3-5-11-17(14)21-18-12-6-4-10-16(18)20-19(15)21;1-3-8-14(9-4-1)16-12-7-13-18-17(16)15-10-5-2-6-11-15;1-4(6)3-5(2)7;;;;;/h6-11,13-15,17H,16H2,1-5H3;4-9,11-14H,1-3H3;3-11,13-14H,1-2H3;1-8,10-12H;1-10,12-13H;3,6H,1-2H3;;;;;/q5*-1;;;;;;. The van der Waals surface area contributed by atoms with Crippen LogP contribution < -0.4 is 0 Å². The molecular formula is C116H94Ir5N9O2-5. The SMILES string of the molecule is CC(=O)C=C(C)O.Cc1ccc2c(c1)c1ccc[c-]c1c1ncc(-c3c(C)cccc3C)n21.Cc1cccc(C)c1-c1cnc2c3[c-]cccc3c3cc(CC(C)(C)C)ccc3n12.Cc1cccc(C)c1-c1cnc2c3[c-]cccc3c3ccccc3n12.[Ir].[Ir].[Ir].[Ir].[Ir].[c-]1cccc2c1c1nc3ccccc3n1c1ccccc21.[c-]1ccccc1-c1ncccc1-c1ccccc1. The molecule has 0 amide bonds. The number of ketones is 1. The molecule has 1 N–H and O–H groups in total.